The highest BCUT2D eigenvalue weighted by Gasteiger charge is 2.21. The monoisotopic (exact) mass is 250 g/mol. The third-order valence-electron chi connectivity index (χ3n) is 3.97. The second kappa shape index (κ2) is 8.39. The maximum atomic E-state index is 2.41. The maximum absolute atomic E-state index is 2.41. The Balaban J connectivity index is 2.29. The summed E-state index contributed by atoms with van der Waals surface area (Å²) in [5.74, 6) is 2.88. The summed E-state index contributed by atoms with van der Waals surface area (Å²) in [4.78, 5) is 0. The van der Waals surface area contributed by atoms with Crippen LogP contribution < -0.4 is 0 Å². The van der Waals surface area contributed by atoms with Gasteiger partial charge in [0, 0.05) is 0 Å². The Morgan fingerprint density at radius 3 is 2.18 bits per heavy atom. The maximum Gasteiger partial charge on any atom is 0.262 e. The average molecular weight is 250 g/mol. The first-order chi connectivity index (χ1) is 8.08. The van der Waals surface area contributed by atoms with Crippen molar-refractivity contribution in [2.75, 3.05) is 0 Å². The third kappa shape index (κ3) is 7.33. The van der Waals surface area contributed by atoms with Crippen LogP contribution in [0.4, 0.5) is 0 Å². The molecule has 0 heterocycles. The van der Waals surface area contributed by atoms with Gasteiger partial charge in [0.15, 0.2) is 0 Å². The molecule has 1 aliphatic rings. The van der Waals surface area contributed by atoms with E-state index in [0.29, 0.717) is 0 Å². The van der Waals surface area contributed by atoms with Crippen molar-refractivity contribution in [2.45, 2.75) is 69.2 Å². The van der Waals surface area contributed by atoms with Crippen LogP contribution in [0.3, 0.4) is 0 Å². The molecule has 0 aliphatic heterocycles. The summed E-state index contributed by atoms with van der Waals surface area (Å²) in [6.07, 6.45) is 10.5. The van der Waals surface area contributed by atoms with Gasteiger partial charge in [-0.25, -0.2) is 0 Å². The molecule has 0 aromatic carbocycles. The topological polar surface area (TPSA) is 0 Å². The molecule has 0 nitrogen and oxygen atoms in total. The van der Waals surface area contributed by atoms with Crippen LogP contribution in [-0.2, 0) is 0 Å². The summed E-state index contributed by atoms with van der Waals surface area (Å²) in [5.41, 5.74) is 0. The van der Waals surface area contributed by atoms with Gasteiger partial charge in [-0.3, -0.25) is 0 Å². The van der Waals surface area contributed by atoms with Crippen LogP contribution in [0.5, 0.6) is 0 Å². The predicted molar refractivity (Wildman–Crippen MR) is 80.9 cm³/mol. The van der Waals surface area contributed by atoms with Gasteiger partial charge in [-0.05, 0) is 25.2 Å². The van der Waals surface area contributed by atoms with Crippen LogP contribution >= 0.6 is 0 Å². The van der Waals surface area contributed by atoms with Crippen LogP contribution in [0.25, 0.3) is 0 Å². The van der Waals surface area contributed by atoms with Crippen molar-refractivity contribution >= 4 is 14.1 Å². The van der Waals surface area contributed by atoms with Gasteiger partial charge in [0.1, 0.15) is 0 Å². The zero-order valence-corrected chi connectivity index (χ0v) is 13.6. The van der Waals surface area contributed by atoms with E-state index in [2.05, 4.69) is 39.8 Å². The number of rotatable bonds is 7. The van der Waals surface area contributed by atoms with E-state index in [4.69, 9.17) is 0 Å². The Bertz CT molecular complexity index is 208. The molecule has 0 fully saturated rings. The fraction of sp³-hybridized carbons (Fsp3) is 0.875. The molecule has 0 bridgehead atoms. The summed E-state index contributed by atoms with van der Waals surface area (Å²) in [6, 6.07) is 0. The van der Waals surface area contributed by atoms with Crippen molar-refractivity contribution < 1.29 is 0 Å². The summed E-state index contributed by atoms with van der Waals surface area (Å²) in [7, 11) is 0. The first-order valence-electron chi connectivity index (χ1n) is 7.73. The molecule has 0 saturated heterocycles. The van der Waals surface area contributed by atoms with Crippen molar-refractivity contribution in [3.8, 4) is 0 Å². The molecule has 1 rings (SSSR count). The SMILES string of the molecule is CC(C)[CH2][Al]([CH2]CC1CC=CCC1)[CH2]C(C)C. The van der Waals surface area contributed by atoms with Crippen LogP contribution in [0.2, 0.25) is 15.8 Å². The first-order valence-corrected chi connectivity index (χ1v) is 10.2. The zero-order chi connectivity index (χ0) is 12.7. The van der Waals surface area contributed by atoms with E-state index in [1.807, 2.05) is 0 Å². The van der Waals surface area contributed by atoms with Gasteiger partial charge in [0.05, 0.1) is 0 Å². The molecule has 1 atom stereocenters. The Labute approximate surface area is 113 Å². The van der Waals surface area contributed by atoms with E-state index < -0.39 is 14.1 Å². The molecule has 0 radical (unpaired) electrons. The molecule has 0 saturated carbocycles. The largest absolute Gasteiger partial charge is 0.262 e. The van der Waals surface area contributed by atoms with Gasteiger partial charge in [-0.15, -0.1) is 0 Å². The minimum atomic E-state index is -0.445. The van der Waals surface area contributed by atoms with E-state index in [-0.39, 0.29) is 0 Å². The van der Waals surface area contributed by atoms with Crippen molar-refractivity contribution in [3.63, 3.8) is 0 Å². The van der Waals surface area contributed by atoms with Crippen molar-refractivity contribution in [2.24, 2.45) is 17.8 Å². The lowest BCUT2D eigenvalue weighted by atomic mass is 9.92. The average Bonchev–Trinajstić information content (AvgIpc) is 2.26. The second-order valence-corrected chi connectivity index (χ2v) is 10.1. The van der Waals surface area contributed by atoms with Gasteiger partial charge in [-0.1, -0.05) is 74.0 Å². The van der Waals surface area contributed by atoms with Crippen molar-refractivity contribution in [3.05, 3.63) is 12.2 Å². The highest BCUT2D eigenvalue weighted by molar-refractivity contribution is 6.58. The highest BCUT2D eigenvalue weighted by atomic mass is 27.2. The Hall–Kier alpha value is 0.272. The summed E-state index contributed by atoms with van der Waals surface area (Å²) in [5, 5.41) is 4.75. The van der Waals surface area contributed by atoms with Gasteiger partial charge < -0.3 is 0 Å². The summed E-state index contributed by atoms with van der Waals surface area (Å²) < 4.78 is 0. The Kier molecular flexibility index (Phi) is 7.56. The minimum Gasteiger partial charge on any atom is -0.0936 e. The second-order valence-electron chi connectivity index (χ2n) is 6.85. The van der Waals surface area contributed by atoms with Crippen molar-refractivity contribution in [1.29, 1.82) is 0 Å². The van der Waals surface area contributed by atoms with Crippen LogP contribution in [-0.4, -0.2) is 14.1 Å². The smallest absolute Gasteiger partial charge is 0.0936 e. The summed E-state index contributed by atoms with van der Waals surface area (Å²) >= 11 is -0.445. The molecular formula is C16H31Al. The molecule has 1 heteroatoms. The van der Waals surface area contributed by atoms with Gasteiger partial charge in [-0.2, -0.15) is 0 Å². The molecule has 0 aromatic heterocycles. The van der Waals surface area contributed by atoms with Gasteiger partial charge in [0.2, 0.25) is 0 Å². The van der Waals surface area contributed by atoms with Crippen LogP contribution in [0.15, 0.2) is 12.2 Å². The number of allylic oxidation sites excluding steroid dienone is 2. The number of hydrogen-bond donors (Lipinski definition) is 0. The van der Waals surface area contributed by atoms with Gasteiger partial charge in [0.25, 0.3) is 14.1 Å². The van der Waals surface area contributed by atoms with Gasteiger partial charge >= 0.3 is 0 Å². The molecule has 98 valence electrons. The molecule has 1 unspecified atom stereocenters. The normalized spacial score (nSPS) is 20.2. The molecule has 0 aromatic rings. The Morgan fingerprint density at radius 2 is 1.71 bits per heavy atom. The third-order valence-corrected chi connectivity index (χ3v) is 8.34. The van der Waals surface area contributed by atoms with E-state index in [1.54, 1.807) is 15.8 Å². The predicted octanol–water partition coefficient (Wildman–Crippen LogP) is 5.54. The quantitative estimate of drug-likeness (QED) is 0.411. The highest BCUT2D eigenvalue weighted by Crippen LogP contribution is 2.27. The molecule has 0 amide bonds. The van der Waals surface area contributed by atoms with Crippen LogP contribution in [0, 0.1) is 17.8 Å². The minimum absolute atomic E-state index is 0.445. The van der Waals surface area contributed by atoms with E-state index in [0.717, 1.165) is 17.8 Å². The first kappa shape index (κ1) is 15.3. The number of hydrogen-bond acceptors (Lipinski definition) is 0. The zero-order valence-electron chi connectivity index (χ0n) is 12.4. The Morgan fingerprint density at radius 1 is 1.06 bits per heavy atom. The van der Waals surface area contributed by atoms with E-state index in [1.165, 1.54) is 25.7 Å². The fourth-order valence-electron chi connectivity index (χ4n) is 3.26. The van der Waals surface area contributed by atoms with Crippen LogP contribution in [0.1, 0.15) is 53.4 Å². The summed E-state index contributed by atoms with van der Waals surface area (Å²) in [6.45, 7) is 9.63. The molecule has 0 spiro atoms. The lowest BCUT2D eigenvalue weighted by molar-refractivity contribution is 0.462. The molecule has 1 aliphatic carbocycles. The lowest BCUT2D eigenvalue weighted by Gasteiger charge is -2.21. The molecular weight excluding hydrogens is 219 g/mol. The molecule has 17 heavy (non-hydrogen) atoms. The van der Waals surface area contributed by atoms with E-state index in [9.17, 15) is 0 Å². The van der Waals surface area contributed by atoms with Crippen molar-refractivity contribution in [1.82, 2.24) is 0 Å². The fourth-order valence-corrected chi connectivity index (χ4v) is 7.53. The van der Waals surface area contributed by atoms with E-state index >= 15 is 0 Å². The lowest BCUT2D eigenvalue weighted by Crippen LogP contribution is -2.19. The standard InChI is InChI=1S/C8H13.2C4H9.Al/c1-2-8-6-4-3-5-7-8;2*1-4(2)3;/h3-4,8H,1-2,5-7H2;2*4H,1H2,2-3H3;. The molecule has 0 N–H and O–H groups in total.